The van der Waals surface area contributed by atoms with E-state index in [0.29, 0.717) is 12.5 Å². The van der Waals surface area contributed by atoms with Crippen molar-refractivity contribution in [2.75, 3.05) is 25.6 Å². The Kier molecular flexibility index (Phi) is 4.98. The number of anilines is 1. The number of methoxy groups -OCH3 is 1. The molecule has 4 nitrogen and oxygen atoms in total. The number of aromatic nitrogens is 2. The average molecular weight is 259 g/mol. The van der Waals surface area contributed by atoms with E-state index in [-0.39, 0.29) is 0 Å². The van der Waals surface area contributed by atoms with Crippen molar-refractivity contribution in [3.8, 4) is 0 Å². The number of hydrogen-bond acceptors (Lipinski definition) is 3. The molecule has 0 radical (unpaired) electrons. The Balaban J connectivity index is 1.97. The van der Waals surface area contributed by atoms with E-state index < -0.39 is 0 Å². The van der Waals surface area contributed by atoms with Gasteiger partial charge in [-0.1, -0.05) is 37.3 Å². The highest BCUT2D eigenvalue weighted by Crippen LogP contribution is 2.18. The van der Waals surface area contributed by atoms with E-state index in [1.807, 2.05) is 18.5 Å². The molecule has 0 bridgehead atoms. The van der Waals surface area contributed by atoms with E-state index in [2.05, 4.69) is 46.1 Å². The molecule has 0 spiro atoms. The van der Waals surface area contributed by atoms with Gasteiger partial charge in [0.15, 0.2) is 0 Å². The summed E-state index contributed by atoms with van der Waals surface area (Å²) in [5.41, 5.74) is 1.35. The molecule has 0 fully saturated rings. The molecule has 1 heterocycles. The van der Waals surface area contributed by atoms with Crippen molar-refractivity contribution in [2.24, 2.45) is 0 Å². The second-order valence-electron chi connectivity index (χ2n) is 4.63. The quantitative estimate of drug-likeness (QED) is 0.777. The molecule has 102 valence electrons. The predicted octanol–water partition coefficient (Wildman–Crippen LogP) is 2.75. The number of ether oxygens (including phenoxy) is 1. The molecule has 1 unspecified atom stereocenters. The van der Waals surface area contributed by atoms with Crippen LogP contribution in [0.3, 0.4) is 0 Å². The summed E-state index contributed by atoms with van der Waals surface area (Å²) in [4.78, 5) is 4.33. The summed E-state index contributed by atoms with van der Waals surface area (Å²) in [6.45, 7) is 4.60. The van der Waals surface area contributed by atoms with Crippen LogP contribution in [0.15, 0.2) is 42.7 Å². The van der Waals surface area contributed by atoms with E-state index >= 15 is 0 Å². The standard InChI is InChI=1S/C15H21N3O/c1-13(14-6-4-3-5-7-14)12-18-10-8-16-15(18)17-9-11-19-2/h3-8,10,13H,9,11-12H2,1-2H3,(H,16,17). The summed E-state index contributed by atoms with van der Waals surface area (Å²) in [5.74, 6) is 1.36. The molecule has 1 atom stereocenters. The maximum atomic E-state index is 5.03. The largest absolute Gasteiger partial charge is 0.383 e. The van der Waals surface area contributed by atoms with Crippen LogP contribution < -0.4 is 5.32 Å². The van der Waals surface area contributed by atoms with Crippen LogP contribution in [0, 0.1) is 0 Å². The molecule has 0 saturated carbocycles. The van der Waals surface area contributed by atoms with Crippen LogP contribution in [0.4, 0.5) is 5.95 Å². The normalized spacial score (nSPS) is 12.3. The third kappa shape index (κ3) is 3.83. The highest BCUT2D eigenvalue weighted by atomic mass is 16.5. The van der Waals surface area contributed by atoms with Gasteiger partial charge in [-0.05, 0) is 11.5 Å². The molecule has 19 heavy (non-hydrogen) atoms. The first-order chi connectivity index (χ1) is 9.31. The Morgan fingerprint density at radius 3 is 2.84 bits per heavy atom. The van der Waals surface area contributed by atoms with Gasteiger partial charge in [-0.25, -0.2) is 4.98 Å². The smallest absolute Gasteiger partial charge is 0.202 e. The number of hydrogen-bond donors (Lipinski definition) is 1. The number of nitrogens with one attached hydrogen (secondary N) is 1. The van der Waals surface area contributed by atoms with Crippen molar-refractivity contribution in [1.29, 1.82) is 0 Å². The lowest BCUT2D eigenvalue weighted by atomic mass is 10.0. The summed E-state index contributed by atoms with van der Waals surface area (Å²) < 4.78 is 7.18. The molecule has 0 saturated heterocycles. The molecule has 2 aromatic rings. The van der Waals surface area contributed by atoms with Crippen LogP contribution >= 0.6 is 0 Å². The van der Waals surface area contributed by atoms with Gasteiger partial charge in [0.2, 0.25) is 5.95 Å². The predicted molar refractivity (Wildman–Crippen MR) is 77.4 cm³/mol. The second kappa shape index (κ2) is 6.95. The van der Waals surface area contributed by atoms with E-state index in [1.54, 1.807) is 7.11 Å². The lowest BCUT2D eigenvalue weighted by Crippen LogP contribution is -2.14. The minimum absolute atomic E-state index is 0.457. The Morgan fingerprint density at radius 2 is 2.11 bits per heavy atom. The Hall–Kier alpha value is -1.81. The molecule has 2 rings (SSSR count). The summed E-state index contributed by atoms with van der Waals surface area (Å²) >= 11 is 0. The first-order valence-electron chi connectivity index (χ1n) is 6.60. The van der Waals surface area contributed by atoms with Gasteiger partial charge >= 0.3 is 0 Å². The van der Waals surface area contributed by atoms with Gasteiger partial charge in [-0.2, -0.15) is 0 Å². The topological polar surface area (TPSA) is 39.1 Å². The third-order valence-electron chi connectivity index (χ3n) is 3.14. The van der Waals surface area contributed by atoms with Gasteiger partial charge in [0.1, 0.15) is 0 Å². The summed E-state index contributed by atoms with van der Waals surface area (Å²) in [7, 11) is 1.70. The molecule has 1 N–H and O–H groups in total. The molecule has 0 aliphatic carbocycles. The molecule has 0 aliphatic rings. The first-order valence-corrected chi connectivity index (χ1v) is 6.60. The molecule has 4 heteroatoms. The monoisotopic (exact) mass is 259 g/mol. The Morgan fingerprint density at radius 1 is 1.32 bits per heavy atom. The molecule has 1 aromatic carbocycles. The molecular formula is C15H21N3O. The zero-order chi connectivity index (χ0) is 13.5. The van der Waals surface area contributed by atoms with Gasteiger partial charge < -0.3 is 14.6 Å². The van der Waals surface area contributed by atoms with Crippen LogP contribution in [0.1, 0.15) is 18.4 Å². The van der Waals surface area contributed by atoms with E-state index in [1.165, 1.54) is 5.56 Å². The zero-order valence-corrected chi connectivity index (χ0v) is 11.5. The van der Waals surface area contributed by atoms with Crippen molar-refractivity contribution in [3.63, 3.8) is 0 Å². The molecule has 0 amide bonds. The second-order valence-corrected chi connectivity index (χ2v) is 4.63. The summed E-state index contributed by atoms with van der Waals surface area (Å²) in [6.07, 6.45) is 3.83. The SMILES string of the molecule is COCCNc1nccn1CC(C)c1ccccc1. The van der Waals surface area contributed by atoms with E-state index in [0.717, 1.165) is 19.0 Å². The number of nitrogens with zero attached hydrogens (tertiary/aromatic N) is 2. The molecule has 1 aromatic heterocycles. The fourth-order valence-corrected chi connectivity index (χ4v) is 2.07. The fourth-order valence-electron chi connectivity index (χ4n) is 2.07. The lowest BCUT2D eigenvalue weighted by molar-refractivity contribution is 0.210. The van der Waals surface area contributed by atoms with Crippen molar-refractivity contribution >= 4 is 5.95 Å². The number of imidazole rings is 1. The highest BCUT2D eigenvalue weighted by molar-refractivity contribution is 5.27. The summed E-state index contributed by atoms with van der Waals surface area (Å²) in [6, 6.07) is 10.5. The van der Waals surface area contributed by atoms with Gasteiger partial charge in [0.25, 0.3) is 0 Å². The Bertz CT molecular complexity index is 481. The van der Waals surface area contributed by atoms with Crippen molar-refractivity contribution in [2.45, 2.75) is 19.4 Å². The van der Waals surface area contributed by atoms with E-state index in [9.17, 15) is 0 Å². The molecule has 0 aliphatic heterocycles. The van der Waals surface area contributed by atoms with Crippen LogP contribution in [0.5, 0.6) is 0 Å². The average Bonchev–Trinajstić information content (AvgIpc) is 2.87. The van der Waals surface area contributed by atoms with Crippen molar-refractivity contribution in [3.05, 3.63) is 48.3 Å². The van der Waals surface area contributed by atoms with Gasteiger partial charge in [0, 0.05) is 32.6 Å². The number of benzene rings is 1. The van der Waals surface area contributed by atoms with Crippen molar-refractivity contribution in [1.82, 2.24) is 9.55 Å². The van der Waals surface area contributed by atoms with Crippen LogP contribution in [0.2, 0.25) is 0 Å². The lowest BCUT2D eigenvalue weighted by Gasteiger charge is -2.15. The Labute approximate surface area is 114 Å². The van der Waals surface area contributed by atoms with Crippen LogP contribution in [-0.4, -0.2) is 29.8 Å². The van der Waals surface area contributed by atoms with Crippen LogP contribution in [-0.2, 0) is 11.3 Å². The minimum Gasteiger partial charge on any atom is -0.383 e. The van der Waals surface area contributed by atoms with Gasteiger partial charge in [-0.15, -0.1) is 0 Å². The fraction of sp³-hybridized carbons (Fsp3) is 0.400. The minimum atomic E-state index is 0.457. The van der Waals surface area contributed by atoms with Crippen LogP contribution in [0.25, 0.3) is 0 Å². The maximum absolute atomic E-state index is 5.03. The van der Waals surface area contributed by atoms with Crippen molar-refractivity contribution < 1.29 is 4.74 Å². The van der Waals surface area contributed by atoms with Gasteiger partial charge in [0.05, 0.1) is 6.61 Å². The highest BCUT2D eigenvalue weighted by Gasteiger charge is 2.08. The van der Waals surface area contributed by atoms with E-state index in [4.69, 9.17) is 4.74 Å². The first kappa shape index (κ1) is 13.6. The summed E-state index contributed by atoms with van der Waals surface area (Å²) in [5, 5.41) is 3.28. The molecular weight excluding hydrogens is 238 g/mol. The zero-order valence-electron chi connectivity index (χ0n) is 11.5. The maximum Gasteiger partial charge on any atom is 0.202 e. The van der Waals surface area contributed by atoms with Gasteiger partial charge in [-0.3, -0.25) is 0 Å². The number of rotatable bonds is 7. The third-order valence-corrected chi connectivity index (χ3v) is 3.14.